The van der Waals surface area contributed by atoms with Crippen LogP contribution in [-0.2, 0) is 10.0 Å². The highest BCUT2D eigenvalue weighted by atomic mass is 32.2. The molecule has 9 nitrogen and oxygen atoms in total. The van der Waals surface area contributed by atoms with Crippen LogP contribution in [0, 0.1) is 11.6 Å². The number of pyridine rings is 1. The molecule has 36 heavy (non-hydrogen) atoms. The molecule has 0 atom stereocenters. The van der Waals surface area contributed by atoms with Crippen LogP contribution in [0.15, 0.2) is 36.8 Å². The molecule has 0 aliphatic carbocycles. The molecular weight excluding hydrogens is 488 g/mol. The lowest BCUT2D eigenvalue weighted by atomic mass is 10.0. The summed E-state index contributed by atoms with van der Waals surface area (Å²) in [5.74, 6) is 3.81. The molecule has 2 aromatic rings. The van der Waals surface area contributed by atoms with Gasteiger partial charge in [-0.2, -0.15) is 0 Å². The Balaban J connectivity index is 1.82. The highest BCUT2D eigenvalue weighted by Crippen LogP contribution is 2.30. The Hall–Kier alpha value is -2.96. The van der Waals surface area contributed by atoms with Crippen molar-refractivity contribution in [3.8, 4) is 0 Å². The number of aromatic nitrogens is 1. The molecule has 1 fully saturated rings. The first kappa shape index (κ1) is 27.6. The quantitative estimate of drug-likeness (QED) is 0.374. The fourth-order valence-electron chi connectivity index (χ4n) is 3.81. The average molecular weight is 524 g/mol. The van der Waals surface area contributed by atoms with Crippen LogP contribution in [0.2, 0.25) is 0 Å². The number of hydrogen-bond acceptors (Lipinski definition) is 8. The predicted molar refractivity (Wildman–Crippen MR) is 141 cm³/mol. The number of hydrogen-bond donors (Lipinski definition) is 3. The third-order valence-corrected chi connectivity index (χ3v) is 7.87. The Labute approximate surface area is 211 Å². The second-order valence-corrected chi connectivity index (χ2v) is 12.3. The molecule has 0 radical (unpaired) electrons. The maximum absolute atomic E-state index is 15.1. The summed E-state index contributed by atoms with van der Waals surface area (Å²) in [7, 11) is -3.85. The van der Waals surface area contributed by atoms with Gasteiger partial charge in [-0.3, -0.25) is 19.6 Å². The number of nitrogens with zero attached hydrogens (tertiary/aromatic N) is 4. The lowest BCUT2D eigenvalue weighted by molar-refractivity contribution is 0.128. The van der Waals surface area contributed by atoms with E-state index in [1.165, 1.54) is 26.2 Å². The molecule has 1 aromatic heterocycles. The largest absolute Gasteiger partial charge is 0.397 e. The summed E-state index contributed by atoms with van der Waals surface area (Å²) < 4.78 is 56.0. The van der Waals surface area contributed by atoms with E-state index in [1.807, 2.05) is 6.07 Å². The van der Waals surface area contributed by atoms with Gasteiger partial charge in [0.15, 0.2) is 11.6 Å². The lowest BCUT2D eigenvalue weighted by Crippen LogP contribution is -2.53. The molecule has 0 amide bonds. The Morgan fingerprint density at radius 1 is 1.17 bits per heavy atom. The van der Waals surface area contributed by atoms with Crippen molar-refractivity contribution in [2.45, 2.75) is 45.4 Å². The van der Waals surface area contributed by atoms with E-state index in [1.54, 1.807) is 6.20 Å². The smallest absolute Gasteiger partial charge is 0.235 e. The zero-order valence-corrected chi connectivity index (χ0v) is 22.1. The van der Waals surface area contributed by atoms with E-state index in [4.69, 9.17) is 11.6 Å². The standard InChI is InChI=1S/C24H35F2N7O2S/c1-16(2)36(34,35)30-21-7-6-19(25)23(22(21)26)33(28)15-20(27)17-12-18(14-29-13-17)31-8-10-32(11-9-31)24(3,4)5/h6-7,12-16,30H,8-11,27-28H2,1-5H3/b20-15-. The summed E-state index contributed by atoms with van der Waals surface area (Å²) in [5, 5.41) is -0.117. The summed E-state index contributed by atoms with van der Waals surface area (Å²) in [6, 6.07) is 3.78. The summed E-state index contributed by atoms with van der Waals surface area (Å²) in [4.78, 5) is 8.90. The molecule has 1 aromatic carbocycles. The molecule has 1 aliphatic heterocycles. The summed E-state index contributed by atoms with van der Waals surface area (Å²) in [5.41, 5.74) is 6.78. The average Bonchev–Trinajstić information content (AvgIpc) is 2.80. The highest BCUT2D eigenvalue weighted by molar-refractivity contribution is 7.93. The Morgan fingerprint density at radius 3 is 2.39 bits per heavy atom. The van der Waals surface area contributed by atoms with Crippen molar-refractivity contribution >= 4 is 32.8 Å². The van der Waals surface area contributed by atoms with Gasteiger partial charge in [0.1, 0.15) is 5.69 Å². The van der Waals surface area contributed by atoms with Crippen LogP contribution in [0.25, 0.3) is 5.70 Å². The molecule has 0 bridgehead atoms. The molecule has 2 heterocycles. The van der Waals surface area contributed by atoms with E-state index < -0.39 is 38.3 Å². The molecule has 0 unspecified atom stereocenters. The van der Waals surface area contributed by atoms with Crippen molar-refractivity contribution in [2.75, 3.05) is 40.8 Å². The maximum Gasteiger partial charge on any atom is 0.235 e. The number of benzene rings is 1. The summed E-state index contributed by atoms with van der Waals surface area (Å²) in [6.07, 6.45) is 4.45. The van der Waals surface area contributed by atoms with Gasteiger partial charge in [-0.1, -0.05) is 0 Å². The predicted octanol–water partition coefficient (Wildman–Crippen LogP) is 3.07. The van der Waals surface area contributed by atoms with Crippen molar-refractivity contribution in [1.82, 2.24) is 9.88 Å². The van der Waals surface area contributed by atoms with Gasteiger partial charge >= 0.3 is 0 Å². The minimum absolute atomic E-state index is 0.0975. The van der Waals surface area contributed by atoms with Gasteiger partial charge in [0.05, 0.1) is 28.5 Å². The second kappa shape index (κ2) is 10.6. The second-order valence-electron chi connectivity index (χ2n) is 10.0. The number of halogens is 2. The van der Waals surface area contributed by atoms with Crippen LogP contribution in [0.1, 0.15) is 40.2 Å². The first-order valence-electron chi connectivity index (χ1n) is 11.7. The van der Waals surface area contributed by atoms with E-state index in [-0.39, 0.29) is 11.2 Å². The van der Waals surface area contributed by atoms with Gasteiger partial charge in [0.2, 0.25) is 10.0 Å². The maximum atomic E-state index is 15.1. The minimum atomic E-state index is -3.85. The van der Waals surface area contributed by atoms with Crippen molar-refractivity contribution in [2.24, 2.45) is 11.6 Å². The molecule has 0 saturated carbocycles. The highest BCUT2D eigenvalue weighted by Gasteiger charge is 2.26. The number of nitrogens with two attached hydrogens (primary N) is 2. The Kier molecular flexibility index (Phi) is 8.11. The van der Waals surface area contributed by atoms with Crippen LogP contribution in [0.3, 0.4) is 0 Å². The molecule has 0 spiro atoms. The molecule has 5 N–H and O–H groups in total. The van der Waals surface area contributed by atoms with Crippen LogP contribution in [0.5, 0.6) is 0 Å². The molecule has 12 heteroatoms. The van der Waals surface area contributed by atoms with E-state index in [0.29, 0.717) is 10.6 Å². The van der Waals surface area contributed by atoms with Gasteiger partial charge in [-0.25, -0.2) is 23.0 Å². The van der Waals surface area contributed by atoms with Crippen LogP contribution in [-0.4, -0.2) is 55.3 Å². The molecule has 1 aliphatic rings. The number of rotatable bonds is 7. The lowest BCUT2D eigenvalue weighted by Gasteiger charge is -2.43. The molecule has 198 valence electrons. The van der Waals surface area contributed by atoms with E-state index >= 15 is 4.39 Å². The van der Waals surface area contributed by atoms with Crippen LogP contribution in [0.4, 0.5) is 25.8 Å². The van der Waals surface area contributed by atoms with Crippen molar-refractivity contribution < 1.29 is 17.2 Å². The SMILES string of the molecule is CC(C)S(=O)(=O)Nc1ccc(F)c(N(N)/C=C(\N)c2cncc(N3CCN(C(C)(C)C)CC3)c2)c1F. The first-order chi connectivity index (χ1) is 16.7. The van der Waals surface area contributed by atoms with E-state index in [0.717, 1.165) is 44.0 Å². The van der Waals surface area contributed by atoms with Crippen molar-refractivity contribution in [1.29, 1.82) is 0 Å². The first-order valence-corrected chi connectivity index (χ1v) is 13.2. The fourth-order valence-corrected chi connectivity index (χ4v) is 4.51. The Morgan fingerprint density at radius 2 is 1.81 bits per heavy atom. The number of piperazine rings is 1. The Bertz CT molecular complexity index is 1220. The van der Waals surface area contributed by atoms with Gasteiger partial charge < -0.3 is 10.6 Å². The van der Waals surface area contributed by atoms with Crippen LogP contribution >= 0.6 is 0 Å². The normalized spacial score (nSPS) is 15.9. The monoisotopic (exact) mass is 523 g/mol. The van der Waals surface area contributed by atoms with Crippen LogP contribution < -0.4 is 26.2 Å². The topological polar surface area (TPSA) is 121 Å². The van der Waals surface area contributed by atoms with Gasteiger partial charge in [-0.05, 0) is 52.8 Å². The van der Waals surface area contributed by atoms with Gasteiger partial charge in [0, 0.05) is 49.7 Å². The number of nitrogens with one attached hydrogen (secondary N) is 1. The van der Waals surface area contributed by atoms with Crippen molar-refractivity contribution in [3.05, 3.63) is 54.0 Å². The molecular formula is C24H35F2N7O2S. The molecule has 1 saturated heterocycles. The zero-order chi connectivity index (χ0) is 26.8. The van der Waals surface area contributed by atoms with Crippen molar-refractivity contribution in [3.63, 3.8) is 0 Å². The number of sulfonamides is 1. The van der Waals surface area contributed by atoms with E-state index in [9.17, 15) is 12.8 Å². The number of anilines is 3. The molecule has 3 rings (SSSR count). The van der Waals surface area contributed by atoms with Gasteiger partial charge in [0.25, 0.3) is 0 Å². The van der Waals surface area contributed by atoms with E-state index in [2.05, 4.69) is 40.3 Å². The summed E-state index contributed by atoms with van der Waals surface area (Å²) in [6.45, 7) is 12.9. The third-order valence-electron chi connectivity index (χ3n) is 6.13. The fraction of sp³-hybridized carbons (Fsp3) is 0.458. The number of hydrazine groups is 1. The van der Waals surface area contributed by atoms with Gasteiger partial charge in [-0.15, -0.1) is 0 Å². The summed E-state index contributed by atoms with van der Waals surface area (Å²) >= 11 is 0. The third kappa shape index (κ3) is 6.23. The zero-order valence-electron chi connectivity index (χ0n) is 21.3. The minimum Gasteiger partial charge on any atom is -0.397 e.